The summed E-state index contributed by atoms with van der Waals surface area (Å²) in [7, 11) is 4.73. The van der Waals surface area contributed by atoms with Gasteiger partial charge in [-0.05, 0) is 47.5 Å². The van der Waals surface area contributed by atoms with Crippen LogP contribution in [0.1, 0.15) is 15.2 Å². The van der Waals surface area contributed by atoms with Crippen molar-refractivity contribution in [3.05, 3.63) is 89.3 Å². The molecule has 0 atom stereocenters. The Balaban J connectivity index is 1.70. The second kappa shape index (κ2) is 9.71. The Morgan fingerprint density at radius 2 is 1.53 bits per heavy atom. The van der Waals surface area contributed by atoms with E-state index in [0.717, 1.165) is 33.5 Å². The maximum Gasteiger partial charge on any atom is 0.205 e. The monoisotopic (exact) mass is 496 g/mol. The van der Waals surface area contributed by atoms with Crippen molar-refractivity contribution in [2.45, 2.75) is 0 Å². The summed E-state index contributed by atoms with van der Waals surface area (Å²) in [5, 5.41) is 0.758. The van der Waals surface area contributed by atoms with E-state index >= 15 is 0 Å². The number of nitrogens with two attached hydrogens (primary N) is 1. The van der Waals surface area contributed by atoms with Gasteiger partial charge in [0, 0.05) is 16.5 Å². The summed E-state index contributed by atoms with van der Waals surface area (Å²) < 4.78 is 16.0. The number of thiophene rings is 1. The summed E-state index contributed by atoms with van der Waals surface area (Å²) in [4.78, 5) is 19.6. The van der Waals surface area contributed by atoms with Gasteiger partial charge in [0.2, 0.25) is 5.78 Å². The van der Waals surface area contributed by atoms with E-state index in [1.165, 1.54) is 18.4 Å². The molecule has 0 unspecified atom stereocenters. The summed E-state index contributed by atoms with van der Waals surface area (Å²) in [5.41, 5.74) is 11.2. The van der Waals surface area contributed by atoms with Crippen LogP contribution in [0.15, 0.2) is 78.9 Å². The summed E-state index contributed by atoms with van der Waals surface area (Å²) in [6, 6.07) is 24.8. The molecule has 0 aliphatic rings. The second-order valence-electron chi connectivity index (χ2n) is 8.07. The SMILES string of the molecule is COc1ccc(-c2cc(-c3ccccc3)nc3sc(C(=O)c4ccc(OC)c(OC)c4)c(N)c23)cc1. The Morgan fingerprint density at radius 1 is 0.806 bits per heavy atom. The highest BCUT2D eigenvalue weighted by Gasteiger charge is 2.23. The summed E-state index contributed by atoms with van der Waals surface area (Å²) >= 11 is 1.29. The number of rotatable bonds is 7. The largest absolute Gasteiger partial charge is 0.497 e. The zero-order chi connectivity index (χ0) is 25.2. The van der Waals surface area contributed by atoms with Crippen molar-refractivity contribution in [3.63, 3.8) is 0 Å². The van der Waals surface area contributed by atoms with E-state index in [-0.39, 0.29) is 5.78 Å². The Labute approximate surface area is 212 Å². The van der Waals surface area contributed by atoms with E-state index in [4.69, 9.17) is 24.9 Å². The molecule has 5 rings (SSSR count). The van der Waals surface area contributed by atoms with Gasteiger partial charge in [0.1, 0.15) is 15.5 Å². The van der Waals surface area contributed by atoms with E-state index in [1.54, 1.807) is 32.4 Å². The minimum Gasteiger partial charge on any atom is -0.497 e. The van der Waals surface area contributed by atoms with Crippen LogP contribution in [-0.2, 0) is 0 Å². The van der Waals surface area contributed by atoms with E-state index in [9.17, 15) is 4.79 Å². The fourth-order valence-corrected chi connectivity index (χ4v) is 5.24. The summed E-state index contributed by atoms with van der Waals surface area (Å²) in [5.74, 6) is 1.59. The first-order valence-electron chi connectivity index (χ1n) is 11.2. The molecule has 0 amide bonds. The quantitative estimate of drug-likeness (QED) is 0.260. The highest BCUT2D eigenvalue weighted by molar-refractivity contribution is 7.21. The normalized spacial score (nSPS) is 10.9. The number of nitrogens with zero attached hydrogens (tertiary/aromatic N) is 1. The van der Waals surface area contributed by atoms with Gasteiger partial charge in [-0.15, -0.1) is 11.3 Å². The van der Waals surface area contributed by atoms with Crippen LogP contribution < -0.4 is 19.9 Å². The Kier molecular flexibility index (Phi) is 6.31. The van der Waals surface area contributed by atoms with Crippen molar-refractivity contribution in [2.75, 3.05) is 27.1 Å². The third-order valence-corrected chi connectivity index (χ3v) is 7.12. The maximum absolute atomic E-state index is 13.6. The number of hydrogen-bond acceptors (Lipinski definition) is 7. The molecular formula is C29H24N2O4S. The number of ketones is 1. The molecule has 0 saturated carbocycles. The Bertz CT molecular complexity index is 1560. The van der Waals surface area contributed by atoms with Gasteiger partial charge < -0.3 is 19.9 Å². The molecule has 7 heteroatoms. The molecule has 5 aromatic rings. The molecule has 0 bridgehead atoms. The van der Waals surface area contributed by atoms with Gasteiger partial charge in [-0.2, -0.15) is 0 Å². The van der Waals surface area contributed by atoms with Crippen LogP contribution >= 0.6 is 11.3 Å². The van der Waals surface area contributed by atoms with Crippen molar-refractivity contribution in [1.29, 1.82) is 0 Å². The molecule has 3 aromatic carbocycles. The zero-order valence-electron chi connectivity index (χ0n) is 20.1. The average molecular weight is 497 g/mol. The average Bonchev–Trinajstić information content (AvgIpc) is 3.28. The van der Waals surface area contributed by atoms with Crippen molar-refractivity contribution in [2.24, 2.45) is 0 Å². The molecule has 2 aromatic heterocycles. The molecule has 6 nitrogen and oxygen atoms in total. The minimum absolute atomic E-state index is 0.196. The van der Waals surface area contributed by atoms with Crippen LogP contribution in [0.3, 0.4) is 0 Å². The van der Waals surface area contributed by atoms with Crippen molar-refractivity contribution in [1.82, 2.24) is 4.98 Å². The summed E-state index contributed by atoms with van der Waals surface area (Å²) in [6.07, 6.45) is 0. The van der Waals surface area contributed by atoms with Crippen LogP contribution in [0.5, 0.6) is 17.2 Å². The zero-order valence-corrected chi connectivity index (χ0v) is 20.9. The predicted molar refractivity (Wildman–Crippen MR) is 144 cm³/mol. The van der Waals surface area contributed by atoms with Crippen LogP contribution in [0.4, 0.5) is 5.69 Å². The highest BCUT2D eigenvalue weighted by Crippen LogP contribution is 2.42. The number of pyridine rings is 1. The number of methoxy groups -OCH3 is 3. The van der Waals surface area contributed by atoms with E-state index in [1.807, 2.05) is 60.7 Å². The number of nitrogen functional groups attached to an aromatic ring is 1. The number of carbonyl (C=O) groups is 1. The van der Waals surface area contributed by atoms with Gasteiger partial charge in [-0.1, -0.05) is 42.5 Å². The number of hydrogen-bond donors (Lipinski definition) is 1. The number of benzene rings is 3. The lowest BCUT2D eigenvalue weighted by molar-refractivity contribution is 0.104. The smallest absolute Gasteiger partial charge is 0.205 e. The standard InChI is InChI=1S/C29H24N2O4S/c1-33-20-12-9-17(10-13-20)21-16-22(18-7-5-4-6-8-18)31-29-25(21)26(30)28(36-29)27(32)19-11-14-23(34-2)24(15-19)35-3/h4-16H,30H2,1-3H3. The third kappa shape index (κ3) is 4.14. The van der Waals surface area contributed by atoms with Gasteiger partial charge in [-0.3, -0.25) is 4.79 Å². The molecule has 0 fully saturated rings. The Hall–Kier alpha value is -4.36. The molecule has 0 radical (unpaired) electrons. The van der Waals surface area contributed by atoms with Gasteiger partial charge in [0.15, 0.2) is 11.5 Å². The fraction of sp³-hybridized carbons (Fsp3) is 0.103. The van der Waals surface area contributed by atoms with Gasteiger partial charge in [-0.25, -0.2) is 4.98 Å². The first-order chi connectivity index (χ1) is 17.5. The molecule has 0 aliphatic carbocycles. The summed E-state index contributed by atoms with van der Waals surface area (Å²) in [6.45, 7) is 0. The maximum atomic E-state index is 13.6. The molecule has 2 N–H and O–H groups in total. The van der Waals surface area contributed by atoms with Gasteiger partial charge in [0.05, 0.1) is 32.7 Å². The van der Waals surface area contributed by atoms with E-state index in [2.05, 4.69) is 0 Å². The van der Waals surface area contributed by atoms with Gasteiger partial charge >= 0.3 is 0 Å². The van der Waals surface area contributed by atoms with Gasteiger partial charge in [0.25, 0.3) is 0 Å². The van der Waals surface area contributed by atoms with Crippen LogP contribution in [-0.4, -0.2) is 32.1 Å². The van der Waals surface area contributed by atoms with Crippen LogP contribution in [0.2, 0.25) is 0 Å². The Morgan fingerprint density at radius 3 is 2.19 bits per heavy atom. The lowest BCUT2D eigenvalue weighted by atomic mass is 9.98. The number of carbonyl (C=O) groups excluding carboxylic acids is 1. The number of anilines is 1. The first-order valence-corrected chi connectivity index (χ1v) is 12.0. The molecule has 0 aliphatic heterocycles. The predicted octanol–water partition coefficient (Wildman–Crippen LogP) is 6.47. The van der Waals surface area contributed by atoms with Crippen molar-refractivity contribution in [3.8, 4) is 39.6 Å². The molecule has 36 heavy (non-hydrogen) atoms. The number of fused-ring (bicyclic) bond motifs is 1. The minimum atomic E-state index is -0.196. The first kappa shape index (κ1) is 23.4. The molecule has 180 valence electrons. The fourth-order valence-electron chi connectivity index (χ4n) is 4.15. The topological polar surface area (TPSA) is 83.7 Å². The van der Waals surface area contributed by atoms with E-state index < -0.39 is 0 Å². The van der Waals surface area contributed by atoms with Crippen molar-refractivity contribution < 1.29 is 19.0 Å². The number of ether oxygens (including phenoxy) is 3. The van der Waals surface area contributed by atoms with Crippen LogP contribution in [0, 0.1) is 0 Å². The number of aromatic nitrogens is 1. The van der Waals surface area contributed by atoms with E-state index in [0.29, 0.717) is 32.5 Å². The molecule has 0 spiro atoms. The van der Waals surface area contributed by atoms with Crippen molar-refractivity contribution >= 4 is 33.0 Å². The third-order valence-electron chi connectivity index (χ3n) is 6.02. The molecule has 0 saturated heterocycles. The highest BCUT2D eigenvalue weighted by atomic mass is 32.1. The lowest BCUT2D eigenvalue weighted by Crippen LogP contribution is -2.03. The lowest BCUT2D eigenvalue weighted by Gasteiger charge is -2.10. The molecular weight excluding hydrogens is 472 g/mol. The molecule has 2 heterocycles. The van der Waals surface area contributed by atoms with Crippen LogP contribution in [0.25, 0.3) is 32.6 Å². The second-order valence-corrected chi connectivity index (χ2v) is 9.07.